The number of hydrogen-bond acceptors (Lipinski definition) is 35. The molecule has 14 bridgehead atoms. The molecule has 0 aromatic carbocycles. The van der Waals surface area contributed by atoms with Crippen LogP contribution in [0.15, 0.2) is 0 Å². The first-order chi connectivity index (χ1) is 41.8. The van der Waals surface area contributed by atoms with Crippen LogP contribution in [0.2, 0.25) is 0 Å². The predicted octanol–water partition coefficient (Wildman–Crippen LogP) is -11.1. The van der Waals surface area contributed by atoms with Crippen molar-refractivity contribution < 1.29 is 169 Å². The summed E-state index contributed by atoms with van der Waals surface area (Å²) < 4.78 is 71.2. The molecule has 510 valence electrons. The van der Waals surface area contributed by atoms with Crippen LogP contribution < -0.4 is 5.73 Å². The van der Waals surface area contributed by atoms with Gasteiger partial charge in [-0.05, 0) is 30.4 Å². The number of aliphatic hydroxyl groups excluding tert-OH is 18. The van der Waals surface area contributed by atoms with E-state index in [1.165, 1.54) is 6.92 Å². The number of nitrogens with two attached hydrogens (primary N) is 1. The van der Waals surface area contributed by atoms with E-state index in [0.717, 1.165) is 23.5 Å². The Morgan fingerprint density at radius 1 is 0.398 bits per heavy atom. The van der Waals surface area contributed by atoms with Gasteiger partial charge in [-0.15, -0.1) is 0 Å². The van der Waals surface area contributed by atoms with E-state index in [4.69, 9.17) is 62.6 Å². The maximum atomic E-state index is 11.9. The van der Waals surface area contributed by atoms with E-state index < -0.39 is 271 Å². The molecule has 21 rings (SSSR count). The fourth-order valence-electron chi connectivity index (χ4n) is 12.3. The van der Waals surface area contributed by atoms with Gasteiger partial charge in [0.15, 0.2) is 37.7 Å². The van der Waals surface area contributed by atoms with E-state index >= 15 is 0 Å². The van der Waals surface area contributed by atoms with Gasteiger partial charge in [0.05, 0.1) is 75.6 Å². The lowest BCUT2D eigenvalue weighted by molar-refractivity contribution is -0.387. The maximum absolute atomic E-state index is 11.9. The van der Waals surface area contributed by atoms with Gasteiger partial charge in [0.2, 0.25) is 0 Å². The number of aliphatic hydroxyl groups is 18. The van der Waals surface area contributed by atoms with Gasteiger partial charge in [-0.2, -0.15) is 23.5 Å². The van der Waals surface area contributed by atoms with Crippen molar-refractivity contribution in [3.63, 3.8) is 0 Å². The highest BCUT2D eigenvalue weighted by atomic mass is 32.2. The van der Waals surface area contributed by atoms with Crippen molar-refractivity contribution >= 4 is 35.5 Å². The third kappa shape index (κ3) is 15.9. The number of ether oxygens (including phenoxy) is 12. The molecule has 20 heterocycles. The third-order valence-electron chi connectivity index (χ3n) is 17.4. The Hall–Kier alpha value is -1.60. The van der Waals surface area contributed by atoms with Crippen LogP contribution in [0, 0.1) is 23.7 Å². The van der Waals surface area contributed by atoms with E-state index in [0.29, 0.717) is 0 Å². The van der Waals surface area contributed by atoms with Crippen LogP contribution in [0.4, 0.5) is 0 Å². The Morgan fingerprint density at radius 2 is 0.773 bits per heavy atom. The van der Waals surface area contributed by atoms with Crippen LogP contribution in [-0.2, 0) is 66.4 Å². The van der Waals surface area contributed by atoms with Gasteiger partial charge >= 0.3 is 11.9 Å². The molecule has 20 aliphatic heterocycles. The molecule has 35 nitrogen and oxygen atoms in total. The summed E-state index contributed by atoms with van der Waals surface area (Å²) in [7, 11) is 0. The summed E-state index contributed by atoms with van der Waals surface area (Å²) in [6.45, 7) is -3.33. The first kappa shape index (κ1) is 72.2. The molecule has 13 unspecified atom stereocenters. The summed E-state index contributed by atoms with van der Waals surface area (Å²) in [6.07, 6.45) is -58.4. The Balaban J connectivity index is 1.10. The largest absolute Gasteiger partial charge is 0.481 e. The summed E-state index contributed by atoms with van der Waals surface area (Å²) in [5.41, 5.74) is 5.73. The Labute approximate surface area is 510 Å². The highest BCUT2D eigenvalue weighted by molar-refractivity contribution is 7.99. The smallest absolute Gasteiger partial charge is 0.321 e. The molecule has 0 amide bonds. The number of thioether (sulfide) groups is 2. The van der Waals surface area contributed by atoms with Gasteiger partial charge in [-0.3, -0.25) is 9.59 Å². The average Bonchev–Trinajstić information content (AvgIpc) is 1.98. The molecule has 22 N–H and O–H groups in total. The topological polar surface area (TPSA) is 576 Å². The van der Waals surface area contributed by atoms with Gasteiger partial charge in [0.1, 0.15) is 122 Å². The van der Waals surface area contributed by atoms with Crippen LogP contribution in [-0.4, -0.2) is 366 Å². The normalized spacial score (nSPS) is 49.7. The molecule has 0 aromatic rings. The van der Waals surface area contributed by atoms with Crippen LogP contribution in [0.1, 0.15) is 26.2 Å². The SMILES string of the molecule is C[C@H](CSCC1C[C@@H]2C[C@@H]3C(CO)O[C@H](O[C@@H]4C(CO)O[C@H](O[C@@H]5C(CSC[C@@H](N)C(=O)O)O[C@H](O[C@H]6C[C@H](O)[C@H](OC6CO)O[C@@H]6C(CO)O[C@H](O[C@@H]7C(CO)O[C@H](O[C@H]1[C@H](O)C2O)C(O)[C@H]7O)[C@@H](O)C6O)[C@@H](O)C5O)[C@@H](O)C4O)[C@@H](O)C3O)C(=O)O. The molecule has 21 fully saturated rings. The summed E-state index contributed by atoms with van der Waals surface area (Å²) in [5, 5.41) is 223. The molecule has 20 saturated heterocycles. The minimum atomic E-state index is -2.18. The highest BCUT2D eigenvalue weighted by Crippen LogP contribution is 2.44. The quantitative estimate of drug-likeness (QED) is 0.0724. The lowest BCUT2D eigenvalue weighted by Crippen LogP contribution is -2.67. The lowest BCUT2D eigenvalue weighted by Gasteiger charge is -2.50. The van der Waals surface area contributed by atoms with Gasteiger partial charge < -0.3 is 165 Å². The zero-order valence-corrected chi connectivity index (χ0v) is 49.0. The van der Waals surface area contributed by atoms with E-state index in [9.17, 15) is 112 Å². The molecular formula is C51H85NO34S2. The molecule has 21 aliphatic rings. The van der Waals surface area contributed by atoms with E-state index in [-0.39, 0.29) is 35.9 Å². The van der Waals surface area contributed by atoms with Crippen LogP contribution in [0.25, 0.3) is 0 Å². The molecule has 37 heteroatoms. The van der Waals surface area contributed by atoms with Crippen LogP contribution in [0.5, 0.6) is 0 Å². The van der Waals surface area contributed by atoms with E-state index in [1.54, 1.807) is 0 Å². The van der Waals surface area contributed by atoms with Crippen molar-refractivity contribution in [3.8, 4) is 0 Å². The standard InChI is InChI=1S/C51H85NO34S2/c1-14(44(71)72)10-87-11-16-2-15-3-17-21(5-53)76-48(34(66)28(17)60)84-41-25(9-57)80-51(38(70)32(41)64)86-43-26(13-88-12-18(52)45(73)74)81-47(35(67)33(43)65)75-20-4-19(58)46(77-22(20)6-54)83-40-23(7-55)79-50(37(69)30(40)62)85-42-24(8-56)78-49(36(68)31(42)63)82-39(16)29(61)27(15)59/h14-43,46-51,53-70H,2-13,52H2,1H3,(H,71,72)(H,73,74)/t14-,15-,16?,17-,18-,19+,20+,21?,22?,23?,24?,25?,26?,27?,28?,29-,30?,31-,32?,33?,34+,35+,36?,37+,38+,39-,40-,41-,42-,43-,46-,47+,48-,49-,50-,51-/m1/s1. The van der Waals surface area contributed by atoms with Crippen molar-refractivity contribution in [2.45, 2.75) is 223 Å². The first-order valence-electron chi connectivity index (χ1n) is 28.9. The number of carbonyl (C=O) groups is 2. The minimum Gasteiger partial charge on any atom is -0.481 e. The average molecular weight is 1320 g/mol. The Morgan fingerprint density at radius 3 is 1.23 bits per heavy atom. The third-order valence-corrected chi connectivity index (χ3v) is 20.0. The summed E-state index contributed by atoms with van der Waals surface area (Å²) in [6, 6.07) is -1.42. The number of carboxylic acids is 2. The lowest BCUT2D eigenvalue weighted by atomic mass is 9.70. The molecule has 0 aromatic heterocycles. The van der Waals surface area contributed by atoms with Crippen molar-refractivity contribution in [2.24, 2.45) is 29.4 Å². The van der Waals surface area contributed by atoms with Crippen LogP contribution >= 0.6 is 23.5 Å². The maximum Gasteiger partial charge on any atom is 0.321 e. The second-order valence-electron chi connectivity index (χ2n) is 23.5. The molecule has 36 atom stereocenters. The first-order valence-corrected chi connectivity index (χ1v) is 31.2. The van der Waals surface area contributed by atoms with Gasteiger partial charge in [0, 0.05) is 29.6 Å². The number of aliphatic carboxylic acids is 2. The number of hydrogen-bond donors (Lipinski definition) is 21. The molecule has 0 spiro atoms. The number of carboxylic acid groups (broad SMARTS) is 2. The molecule has 1 aliphatic carbocycles. The van der Waals surface area contributed by atoms with Gasteiger partial charge in [-0.1, -0.05) is 6.92 Å². The molecule has 1 saturated carbocycles. The second kappa shape index (κ2) is 31.8. The number of rotatable bonds is 15. The van der Waals surface area contributed by atoms with Crippen molar-refractivity contribution in [3.05, 3.63) is 0 Å². The minimum absolute atomic E-state index is 0.00392. The van der Waals surface area contributed by atoms with E-state index in [2.05, 4.69) is 0 Å². The van der Waals surface area contributed by atoms with Crippen LogP contribution in [0.3, 0.4) is 0 Å². The summed E-state index contributed by atoms with van der Waals surface area (Å²) >= 11 is 1.98. The van der Waals surface area contributed by atoms with Crippen molar-refractivity contribution in [1.29, 1.82) is 0 Å². The monoisotopic (exact) mass is 1320 g/mol. The zero-order chi connectivity index (χ0) is 64.3. The van der Waals surface area contributed by atoms with Gasteiger partial charge in [-0.25, -0.2) is 0 Å². The second-order valence-corrected chi connectivity index (χ2v) is 25.6. The molecule has 0 radical (unpaired) electrons. The fourth-order valence-corrected chi connectivity index (χ4v) is 14.6. The van der Waals surface area contributed by atoms with Crippen molar-refractivity contribution in [2.75, 3.05) is 56.0 Å². The Bertz CT molecular complexity index is 2190. The summed E-state index contributed by atoms with van der Waals surface area (Å²) in [5.74, 6) is -7.10. The molecular weight excluding hydrogens is 1230 g/mol. The highest BCUT2D eigenvalue weighted by Gasteiger charge is 2.58. The van der Waals surface area contributed by atoms with Crippen molar-refractivity contribution in [1.82, 2.24) is 0 Å². The molecule has 88 heavy (non-hydrogen) atoms. The summed E-state index contributed by atoms with van der Waals surface area (Å²) in [4.78, 5) is 23.4. The Kier molecular flexibility index (Phi) is 26.1. The predicted molar refractivity (Wildman–Crippen MR) is 286 cm³/mol. The van der Waals surface area contributed by atoms with Gasteiger partial charge in [0.25, 0.3) is 0 Å². The zero-order valence-electron chi connectivity index (χ0n) is 47.3. The van der Waals surface area contributed by atoms with E-state index in [1.807, 2.05) is 0 Å². The fraction of sp³-hybridized carbons (Fsp3) is 0.961.